The highest BCUT2D eigenvalue weighted by Gasteiger charge is 2.33. The number of hydrogen-bond acceptors (Lipinski definition) is 4. The maximum Gasteiger partial charge on any atom is 0.416 e. The lowest BCUT2D eigenvalue weighted by atomic mass is 10.1. The molecule has 1 rings (SSSR count). The van der Waals surface area contributed by atoms with Crippen LogP contribution in [0.1, 0.15) is 5.56 Å². The third-order valence-corrected chi connectivity index (χ3v) is 2.10. The molecule has 0 amide bonds. The summed E-state index contributed by atoms with van der Waals surface area (Å²) in [7, 11) is 0. The van der Waals surface area contributed by atoms with Crippen LogP contribution < -0.4 is 4.72 Å². The van der Waals surface area contributed by atoms with Crippen LogP contribution in [0.4, 0.5) is 24.5 Å². The second-order valence-electron chi connectivity index (χ2n) is 2.82. The molecule has 0 radical (unpaired) electrons. The van der Waals surface area contributed by atoms with Gasteiger partial charge in [-0.25, -0.2) is 0 Å². The molecule has 94 valence electrons. The third kappa shape index (κ3) is 3.39. The predicted molar refractivity (Wildman–Crippen MR) is 50.6 cm³/mol. The second kappa shape index (κ2) is 4.67. The van der Waals surface area contributed by atoms with Gasteiger partial charge in [0.05, 0.1) is 10.5 Å². The van der Waals surface area contributed by atoms with Crippen LogP contribution in [0, 0.1) is 10.1 Å². The smallest absolute Gasteiger partial charge is 0.416 e. The molecule has 0 heterocycles. The van der Waals surface area contributed by atoms with Crippen molar-refractivity contribution in [3.63, 3.8) is 0 Å². The van der Waals surface area contributed by atoms with Crippen molar-refractivity contribution < 1.29 is 26.9 Å². The summed E-state index contributed by atoms with van der Waals surface area (Å²) in [5.41, 5.74) is -2.73. The fourth-order valence-electron chi connectivity index (χ4n) is 1.04. The number of halogens is 3. The SMILES string of the molecule is O=[N+]([O-])c1cc(C(F)(F)F)ccc1NS(=O)[O-]. The molecular weight excluding hydrogens is 265 g/mol. The van der Waals surface area contributed by atoms with E-state index in [1.54, 1.807) is 4.72 Å². The summed E-state index contributed by atoms with van der Waals surface area (Å²) in [5, 5.41) is 10.5. The number of nitro benzene ring substituents is 1. The molecular formula is C7H4F3N2O4S-. The van der Waals surface area contributed by atoms with Gasteiger partial charge in [0.1, 0.15) is 5.69 Å². The topological polar surface area (TPSA) is 95.3 Å². The van der Waals surface area contributed by atoms with Gasteiger partial charge in [-0.15, -0.1) is 0 Å². The van der Waals surface area contributed by atoms with Gasteiger partial charge in [0.25, 0.3) is 5.69 Å². The first-order valence-corrected chi connectivity index (χ1v) is 5.01. The van der Waals surface area contributed by atoms with Gasteiger partial charge in [0.2, 0.25) is 0 Å². The minimum Gasteiger partial charge on any atom is -0.755 e. The molecule has 10 heteroatoms. The van der Waals surface area contributed by atoms with Crippen molar-refractivity contribution in [1.29, 1.82) is 0 Å². The Hall–Kier alpha value is -1.68. The van der Waals surface area contributed by atoms with Gasteiger partial charge in [-0.05, 0) is 12.1 Å². The van der Waals surface area contributed by atoms with Crippen LogP contribution in [0.3, 0.4) is 0 Å². The highest BCUT2D eigenvalue weighted by molar-refractivity contribution is 7.80. The van der Waals surface area contributed by atoms with Crippen LogP contribution in [0.2, 0.25) is 0 Å². The summed E-state index contributed by atoms with van der Waals surface area (Å²) in [6.45, 7) is 0. The molecule has 1 unspecified atom stereocenters. The molecule has 0 spiro atoms. The normalized spacial score (nSPS) is 13.2. The van der Waals surface area contributed by atoms with E-state index in [1.165, 1.54) is 0 Å². The van der Waals surface area contributed by atoms with E-state index < -0.39 is 39.3 Å². The lowest BCUT2D eigenvalue weighted by Crippen LogP contribution is -2.09. The van der Waals surface area contributed by atoms with E-state index in [9.17, 15) is 32.0 Å². The average molecular weight is 269 g/mol. The largest absolute Gasteiger partial charge is 0.755 e. The lowest BCUT2D eigenvalue weighted by Gasteiger charge is -2.11. The zero-order valence-corrected chi connectivity index (χ0v) is 8.67. The monoisotopic (exact) mass is 269 g/mol. The van der Waals surface area contributed by atoms with Crippen molar-refractivity contribution in [3.8, 4) is 0 Å². The summed E-state index contributed by atoms with van der Waals surface area (Å²) < 4.78 is 59.0. The molecule has 1 aromatic rings. The average Bonchev–Trinajstić information content (AvgIpc) is 2.15. The van der Waals surface area contributed by atoms with Gasteiger partial charge in [-0.1, -0.05) is 0 Å². The number of alkyl halides is 3. The molecule has 1 aromatic carbocycles. The molecule has 0 fully saturated rings. The van der Waals surface area contributed by atoms with Crippen LogP contribution in [0.25, 0.3) is 0 Å². The van der Waals surface area contributed by atoms with E-state index in [0.29, 0.717) is 12.1 Å². The molecule has 0 aliphatic heterocycles. The maximum absolute atomic E-state index is 12.3. The number of rotatable bonds is 3. The number of benzene rings is 1. The first-order valence-electron chi connectivity index (χ1n) is 3.93. The van der Waals surface area contributed by atoms with E-state index in [-0.39, 0.29) is 6.07 Å². The fraction of sp³-hybridized carbons (Fsp3) is 0.143. The minimum atomic E-state index is -4.74. The second-order valence-corrected chi connectivity index (χ2v) is 3.50. The van der Waals surface area contributed by atoms with Crippen molar-refractivity contribution in [2.45, 2.75) is 6.18 Å². The maximum atomic E-state index is 12.3. The summed E-state index contributed by atoms with van der Waals surface area (Å²) in [5.74, 6) is 0. The molecule has 17 heavy (non-hydrogen) atoms. The van der Waals surface area contributed by atoms with Crippen molar-refractivity contribution >= 4 is 22.6 Å². The van der Waals surface area contributed by atoms with Gasteiger partial charge < -0.3 is 9.27 Å². The van der Waals surface area contributed by atoms with Gasteiger partial charge in [-0.3, -0.25) is 14.3 Å². The number of anilines is 1. The summed E-state index contributed by atoms with van der Waals surface area (Å²) in [6, 6.07) is 1.48. The lowest BCUT2D eigenvalue weighted by molar-refractivity contribution is -0.384. The molecule has 0 saturated heterocycles. The van der Waals surface area contributed by atoms with Gasteiger partial charge in [0, 0.05) is 17.3 Å². The minimum absolute atomic E-state index is 0.259. The molecule has 0 aromatic heterocycles. The standard InChI is InChI=1S/C7H5F3N2O4S/c8-7(9,10)4-1-2-5(11-17(15)16)6(3-4)12(13)14/h1-3,11H,(H,15,16)/p-1. The first kappa shape index (κ1) is 13.4. The quantitative estimate of drug-likeness (QED) is 0.514. The molecule has 1 N–H and O–H groups in total. The van der Waals surface area contributed by atoms with Crippen LogP contribution in [0.15, 0.2) is 18.2 Å². The Morgan fingerprint density at radius 1 is 1.35 bits per heavy atom. The predicted octanol–water partition coefficient (Wildman–Crippen LogP) is 1.82. The molecule has 0 aliphatic rings. The van der Waals surface area contributed by atoms with Crippen LogP contribution in [-0.4, -0.2) is 13.7 Å². The van der Waals surface area contributed by atoms with Gasteiger partial charge in [-0.2, -0.15) is 13.2 Å². The molecule has 0 bridgehead atoms. The Kier molecular flexibility index (Phi) is 3.68. The van der Waals surface area contributed by atoms with Crippen molar-refractivity contribution in [2.24, 2.45) is 0 Å². The van der Waals surface area contributed by atoms with Crippen LogP contribution >= 0.6 is 0 Å². The number of nitrogens with zero attached hydrogens (tertiary/aromatic N) is 1. The van der Waals surface area contributed by atoms with E-state index in [2.05, 4.69) is 0 Å². The van der Waals surface area contributed by atoms with Crippen molar-refractivity contribution in [3.05, 3.63) is 33.9 Å². The zero-order valence-electron chi connectivity index (χ0n) is 7.85. The number of nitro groups is 1. The van der Waals surface area contributed by atoms with Gasteiger partial charge >= 0.3 is 6.18 Å². The zero-order chi connectivity index (χ0) is 13.2. The third-order valence-electron chi connectivity index (χ3n) is 1.72. The van der Waals surface area contributed by atoms with E-state index in [0.717, 1.165) is 0 Å². The molecule has 6 nitrogen and oxygen atoms in total. The van der Waals surface area contributed by atoms with E-state index in [4.69, 9.17) is 0 Å². The highest BCUT2D eigenvalue weighted by Crippen LogP contribution is 2.34. The fourth-order valence-corrected chi connectivity index (χ4v) is 1.39. The van der Waals surface area contributed by atoms with Crippen LogP contribution in [0.5, 0.6) is 0 Å². The Bertz CT molecular complexity index is 477. The Morgan fingerprint density at radius 3 is 2.35 bits per heavy atom. The Balaban J connectivity index is 3.27. The van der Waals surface area contributed by atoms with Gasteiger partial charge in [0.15, 0.2) is 0 Å². The number of hydrogen-bond donors (Lipinski definition) is 1. The highest BCUT2D eigenvalue weighted by atomic mass is 32.2. The van der Waals surface area contributed by atoms with Crippen LogP contribution in [-0.2, 0) is 17.4 Å². The Morgan fingerprint density at radius 2 is 1.94 bits per heavy atom. The molecule has 0 saturated carbocycles. The summed E-state index contributed by atoms with van der Waals surface area (Å²) >= 11 is -2.86. The van der Waals surface area contributed by atoms with E-state index >= 15 is 0 Å². The summed E-state index contributed by atoms with van der Waals surface area (Å²) in [4.78, 5) is 9.37. The summed E-state index contributed by atoms with van der Waals surface area (Å²) in [6.07, 6.45) is -4.74. The van der Waals surface area contributed by atoms with Crippen molar-refractivity contribution in [1.82, 2.24) is 0 Å². The van der Waals surface area contributed by atoms with E-state index in [1.807, 2.05) is 0 Å². The molecule has 1 atom stereocenters. The molecule has 0 aliphatic carbocycles. The Labute approximate surface area is 95.0 Å². The first-order chi connectivity index (χ1) is 7.71. The number of nitrogens with one attached hydrogen (secondary N) is 1. The van der Waals surface area contributed by atoms with Crippen molar-refractivity contribution in [2.75, 3.05) is 4.72 Å².